The average Bonchev–Trinajstić information content (AvgIpc) is 2.96. The maximum atomic E-state index is 12.9. The Kier molecular flexibility index (Phi) is 6.13. The van der Waals surface area contributed by atoms with E-state index in [4.69, 9.17) is 4.74 Å². The summed E-state index contributed by atoms with van der Waals surface area (Å²) >= 11 is 0. The predicted molar refractivity (Wildman–Crippen MR) is 117 cm³/mol. The van der Waals surface area contributed by atoms with Gasteiger partial charge in [0.2, 0.25) is 0 Å². The van der Waals surface area contributed by atoms with Gasteiger partial charge in [-0.15, -0.1) is 0 Å². The first-order valence-corrected chi connectivity index (χ1v) is 10.1. The van der Waals surface area contributed by atoms with Crippen molar-refractivity contribution >= 4 is 17.4 Å². The van der Waals surface area contributed by atoms with Gasteiger partial charge >= 0.3 is 0 Å². The van der Waals surface area contributed by atoms with Crippen molar-refractivity contribution in [1.29, 1.82) is 0 Å². The van der Waals surface area contributed by atoms with Crippen LogP contribution in [0.25, 0.3) is 5.76 Å². The molecule has 0 saturated carbocycles. The summed E-state index contributed by atoms with van der Waals surface area (Å²) in [6.45, 7) is 8.90. The highest BCUT2D eigenvalue weighted by Crippen LogP contribution is 2.39. The fourth-order valence-corrected chi connectivity index (χ4v) is 3.68. The van der Waals surface area contributed by atoms with E-state index in [9.17, 15) is 14.7 Å². The van der Waals surface area contributed by atoms with E-state index in [1.807, 2.05) is 43.3 Å². The van der Waals surface area contributed by atoms with Crippen LogP contribution in [-0.4, -0.2) is 42.0 Å². The number of ketones is 1. The third-order valence-electron chi connectivity index (χ3n) is 5.49. The molecule has 0 unspecified atom stereocenters. The van der Waals surface area contributed by atoms with Crippen LogP contribution < -0.4 is 0 Å². The third kappa shape index (κ3) is 4.17. The molecule has 1 heterocycles. The number of nitrogens with zero attached hydrogens (tertiary/aromatic N) is 1. The first kappa shape index (κ1) is 21.8. The minimum atomic E-state index is -0.672. The topological polar surface area (TPSA) is 66.8 Å². The van der Waals surface area contributed by atoms with Gasteiger partial charge in [0.05, 0.1) is 18.2 Å². The van der Waals surface area contributed by atoms with Crippen molar-refractivity contribution in [2.45, 2.75) is 39.2 Å². The Bertz CT molecular complexity index is 966. The van der Waals surface area contributed by atoms with Crippen LogP contribution in [0.3, 0.4) is 0 Å². The first-order valence-electron chi connectivity index (χ1n) is 10.1. The van der Waals surface area contributed by atoms with Crippen LogP contribution in [0, 0.1) is 6.92 Å². The molecular weight excluding hydrogens is 378 g/mol. The summed E-state index contributed by atoms with van der Waals surface area (Å²) in [6.07, 6.45) is 0. The minimum absolute atomic E-state index is 0.0156. The van der Waals surface area contributed by atoms with Crippen LogP contribution in [-0.2, 0) is 19.7 Å². The van der Waals surface area contributed by atoms with Crippen LogP contribution in [0.1, 0.15) is 49.1 Å². The maximum absolute atomic E-state index is 12.9. The summed E-state index contributed by atoms with van der Waals surface area (Å²) in [5, 5.41) is 11.0. The molecule has 3 rings (SSSR count). The number of aliphatic hydroxyl groups excluding tert-OH is 1. The number of hydrogen-bond donors (Lipinski definition) is 1. The lowest BCUT2D eigenvalue weighted by molar-refractivity contribution is -0.140. The molecule has 2 aromatic carbocycles. The molecule has 30 heavy (non-hydrogen) atoms. The molecule has 158 valence electrons. The van der Waals surface area contributed by atoms with E-state index >= 15 is 0 Å². The molecule has 5 nitrogen and oxygen atoms in total. The highest BCUT2D eigenvalue weighted by atomic mass is 16.5. The summed E-state index contributed by atoms with van der Waals surface area (Å²) in [4.78, 5) is 27.2. The quantitative estimate of drug-likeness (QED) is 0.454. The molecule has 1 aliphatic heterocycles. The van der Waals surface area contributed by atoms with Crippen LogP contribution in [0.5, 0.6) is 0 Å². The number of aryl methyl sites for hydroxylation is 1. The number of carbonyl (C=O) groups is 2. The number of amides is 1. The van der Waals surface area contributed by atoms with Crippen molar-refractivity contribution in [2.75, 3.05) is 20.3 Å². The van der Waals surface area contributed by atoms with E-state index in [0.29, 0.717) is 12.2 Å². The van der Waals surface area contributed by atoms with Gasteiger partial charge in [0.15, 0.2) is 0 Å². The van der Waals surface area contributed by atoms with E-state index in [-0.39, 0.29) is 23.3 Å². The standard InChI is InChI=1S/C25H29NO4/c1-16-6-8-18(9-7-16)22(27)20-21(26(14-15-30-5)24(29)23(20)28)17-10-12-19(13-11-17)25(2,3)4/h6-13,21,27H,14-15H2,1-5H3/t21-/m1/s1. The summed E-state index contributed by atoms with van der Waals surface area (Å²) < 4.78 is 5.15. The number of methoxy groups -OCH3 is 1. The molecule has 1 aliphatic rings. The van der Waals surface area contributed by atoms with Crippen LogP contribution in [0.2, 0.25) is 0 Å². The van der Waals surface area contributed by atoms with Crippen molar-refractivity contribution < 1.29 is 19.4 Å². The van der Waals surface area contributed by atoms with Gasteiger partial charge in [-0.3, -0.25) is 9.59 Å². The molecule has 0 spiro atoms. The Balaban J connectivity index is 2.13. The second-order valence-electron chi connectivity index (χ2n) is 8.72. The van der Waals surface area contributed by atoms with E-state index in [1.54, 1.807) is 19.2 Å². The van der Waals surface area contributed by atoms with Crippen LogP contribution in [0.4, 0.5) is 0 Å². The lowest BCUT2D eigenvalue weighted by atomic mass is 9.85. The number of likely N-dealkylation sites (tertiary alicyclic amines) is 1. The molecule has 1 fully saturated rings. The summed E-state index contributed by atoms with van der Waals surface area (Å²) in [7, 11) is 1.55. The van der Waals surface area contributed by atoms with Crippen LogP contribution >= 0.6 is 0 Å². The van der Waals surface area contributed by atoms with Gasteiger partial charge in [0, 0.05) is 19.2 Å². The Morgan fingerprint density at radius 1 is 1.03 bits per heavy atom. The van der Waals surface area contributed by atoms with Crippen molar-refractivity contribution in [1.82, 2.24) is 4.90 Å². The van der Waals surface area contributed by atoms with Crippen molar-refractivity contribution in [2.24, 2.45) is 0 Å². The molecule has 2 aromatic rings. The van der Waals surface area contributed by atoms with Gasteiger partial charge < -0.3 is 14.7 Å². The van der Waals surface area contributed by atoms with Gasteiger partial charge in [0.25, 0.3) is 11.7 Å². The molecule has 0 aliphatic carbocycles. The number of aliphatic hydroxyl groups is 1. The molecular formula is C25H29NO4. The fourth-order valence-electron chi connectivity index (χ4n) is 3.68. The zero-order valence-corrected chi connectivity index (χ0v) is 18.2. The van der Waals surface area contributed by atoms with Gasteiger partial charge in [-0.2, -0.15) is 0 Å². The molecule has 5 heteroatoms. The Morgan fingerprint density at radius 3 is 2.17 bits per heavy atom. The molecule has 0 bridgehead atoms. The number of carbonyl (C=O) groups excluding carboxylic acids is 2. The summed E-state index contributed by atoms with van der Waals surface area (Å²) in [5.74, 6) is -1.45. The zero-order chi connectivity index (χ0) is 22.1. The Labute approximate surface area is 178 Å². The summed E-state index contributed by atoms with van der Waals surface area (Å²) in [5.41, 5.74) is 3.59. The lowest BCUT2D eigenvalue weighted by Gasteiger charge is -2.26. The van der Waals surface area contributed by atoms with E-state index in [0.717, 1.165) is 16.7 Å². The molecule has 1 atom stereocenters. The Morgan fingerprint density at radius 2 is 1.63 bits per heavy atom. The smallest absolute Gasteiger partial charge is 0.295 e. The van der Waals surface area contributed by atoms with Gasteiger partial charge in [-0.25, -0.2) is 0 Å². The molecule has 1 amide bonds. The first-order chi connectivity index (χ1) is 14.1. The zero-order valence-electron chi connectivity index (χ0n) is 18.2. The van der Waals surface area contributed by atoms with Gasteiger partial charge in [-0.05, 0) is 23.5 Å². The predicted octanol–water partition coefficient (Wildman–Crippen LogP) is 4.36. The number of benzene rings is 2. The monoisotopic (exact) mass is 407 g/mol. The Hall–Kier alpha value is -2.92. The SMILES string of the molecule is COCCN1C(=O)C(=O)C(=C(O)c2ccc(C)cc2)[C@H]1c1ccc(C(C)(C)C)cc1. The highest BCUT2D eigenvalue weighted by Gasteiger charge is 2.45. The largest absolute Gasteiger partial charge is 0.507 e. The number of hydrogen-bond acceptors (Lipinski definition) is 4. The minimum Gasteiger partial charge on any atom is -0.507 e. The molecule has 0 radical (unpaired) electrons. The number of ether oxygens (including phenoxy) is 1. The van der Waals surface area contributed by atoms with E-state index in [2.05, 4.69) is 20.8 Å². The van der Waals surface area contributed by atoms with E-state index < -0.39 is 17.7 Å². The lowest BCUT2D eigenvalue weighted by Crippen LogP contribution is -2.32. The normalized spacial score (nSPS) is 18.8. The summed E-state index contributed by atoms with van der Waals surface area (Å²) in [6, 6.07) is 14.5. The van der Waals surface area contributed by atoms with Gasteiger partial charge in [-0.1, -0.05) is 74.9 Å². The molecule has 1 saturated heterocycles. The van der Waals surface area contributed by atoms with Gasteiger partial charge in [0.1, 0.15) is 5.76 Å². The van der Waals surface area contributed by atoms with E-state index in [1.165, 1.54) is 4.90 Å². The molecule has 1 N–H and O–H groups in total. The highest BCUT2D eigenvalue weighted by molar-refractivity contribution is 6.46. The maximum Gasteiger partial charge on any atom is 0.295 e. The fraction of sp³-hybridized carbons (Fsp3) is 0.360. The second kappa shape index (κ2) is 8.44. The third-order valence-corrected chi connectivity index (χ3v) is 5.49. The number of rotatable bonds is 5. The van der Waals surface area contributed by atoms with Crippen molar-refractivity contribution in [3.8, 4) is 0 Å². The average molecular weight is 408 g/mol. The molecule has 0 aromatic heterocycles. The second-order valence-corrected chi connectivity index (χ2v) is 8.72. The van der Waals surface area contributed by atoms with Crippen molar-refractivity contribution in [3.63, 3.8) is 0 Å². The van der Waals surface area contributed by atoms with Crippen molar-refractivity contribution in [3.05, 3.63) is 76.4 Å². The van der Waals surface area contributed by atoms with Crippen LogP contribution in [0.15, 0.2) is 54.1 Å². The number of Topliss-reactive ketones (excluding diaryl/α,β-unsaturated/α-hetero) is 1.